The van der Waals surface area contributed by atoms with Crippen molar-refractivity contribution in [2.75, 3.05) is 0 Å². The van der Waals surface area contributed by atoms with Crippen LogP contribution in [0.1, 0.15) is 74.9 Å². The van der Waals surface area contributed by atoms with Gasteiger partial charge in [-0.1, -0.05) is 418 Å². The summed E-state index contributed by atoms with van der Waals surface area (Å²) >= 11 is 0. The molecule has 0 unspecified atom stereocenters. The number of aromatic nitrogens is 8. The van der Waals surface area contributed by atoms with Crippen LogP contribution in [0.3, 0.4) is 0 Å². The van der Waals surface area contributed by atoms with Crippen molar-refractivity contribution in [1.29, 1.82) is 0 Å². The number of fused-ring (bicyclic) bond motifs is 19. The lowest BCUT2D eigenvalue weighted by Crippen LogP contribution is -2.16. The first kappa shape index (κ1) is 81.8. The molecule has 16 aromatic carbocycles. The van der Waals surface area contributed by atoms with Gasteiger partial charge in [0.15, 0.2) is 0 Å². The molecule has 0 saturated carbocycles. The van der Waals surface area contributed by atoms with Gasteiger partial charge in [0.05, 0.1) is 78.3 Å². The number of benzene rings is 16. The smallest absolute Gasteiger partial charge is 0.0972 e. The van der Waals surface area contributed by atoms with Gasteiger partial charge in [-0.25, -0.2) is 29.9 Å². The molecule has 8 nitrogen and oxygen atoms in total. The topological polar surface area (TPSA) is 103 Å². The maximum absolute atomic E-state index is 5.22. The molecule has 0 spiro atoms. The molecular formula is C129H90N8. The Balaban J connectivity index is 0.000000110. The number of hydrogen-bond donors (Lipinski definition) is 0. The zero-order valence-corrected chi connectivity index (χ0v) is 76.6. The zero-order chi connectivity index (χ0) is 91.8. The largest absolute Gasteiger partial charge is 0.256 e. The van der Waals surface area contributed by atoms with Gasteiger partial charge < -0.3 is 0 Å². The SMILES string of the molecule is CC1(C)c2ccccc2-c2nc3ccccc3c(-c3ccc(-c4ccc(-c5ccc6ccc7ccc(-c8ccccc8)nc7c6n5)cc4)cc3)c21.CC1(C)c2ccccc2-c2nc3ccccc3c(-c3ccc(-c4ccc(-c5ccc6ccc7cccnc7c6n5)cc4)cc3)c21.CC1(C)c2ccccc2-c2nc3ccccc3c(-c3ccc(-c4ccc(-c5cccc6cccnc56)cc4)cc3)c21. The van der Waals surface area contributed by atoms with Crippen molar-refractivity contribution in [3.05, 3.63) is 470 Å². The summed E-state index contributed by atoms with van der Waals surface area (Å²) < 4.78 is 0. The Labute approximate surface area is 795 Å². The van der Waals surface area contributed by atoms with Gasteiger partial charge in [0.1, 0.15) is 0 Å². The van der Waals surface area contributed by atoms with Crippen LogP contribution < -0.4 is 0 Å². The lowest BCUT2D eigenvalue weighted by molar-refractivity contribution is 0.661. The Bertz CT molecular complexity index is 8990. The quantitative estimate of drug-likeness (QED) is 0.125. The molecule has 137 heavy (non-hydrogen) atoms. The normalized spacial score (nSPS) is 13.2. The minimum atomic E-state index is -0.157. The molecule has 0 N–H and O–H groups in total. The summed E-state index contributed by atoms with van der Waals surface area (Å²) in [7, 11) is 0. The predicted octanol–water partition coefficient (Wildman–Crippen LogP) is 33.0. The van der Waals surface area contributed by atoms with Crippen molar-refractivity contribution >= 4 is 87.2 Å². The molecule has 0 saturated heterocycles. The molecule has 27 rings (SSSR count). The van der Waals surface area contributed by atoms with Gasteiger partial charge in [-0.3, -0.25) is 9.97 Å². The van der Waals surface area contributed by atoms with Crippen molar-refractivity contribution in [2.45, 2.75) is 57.8 Å². The van der Waals surface area contributed by atoms with Gasteiger partial charge >= 0.3 is 0 Å². The molecule has 3 aliphatic carbocycles. The molecule has 0 radical (unpaired) electrons. The fraction of sp³-hybridized carbons (Fsp3) is 0.0698. The van der Waals surface area contributed by atoms with Crippen molar-refractivity contribution in [1.82, 2.24) is 39.9 Å². The summed E-state index contributed by atoms with van der Waals surface area (Å²) in [5, 5.41) is 9.12. The van der Waals surface area contributed by atoms with Gasteiger partial charge in [-0.2, -0.15) is 0 Å². The molecule has 3 aliphatic rings. The molecule has 8 heteroatoms. The van der Waals surface area contributed by atoms with E-state index in [9.17, 15) is 0 Å². The minimum absolute atomic E-state index is 0.136. The Morgan fingerprint density at radius 3 is 0.788 bits per heavy atom. The second kappa shape index (κ2) is 32.6. The molecule has 0 aliphatic heterocycles. The highest BCUT2D eigenvalue weighted by molar-refractivity contribution is 6.09. The number of pyridine rings is 8. The lowest BCUT2D eigenvalue weighted by atomic mass is 9.78. The summed E-state index contributed by atoms with van der Waals surface area (Å²) in [5.74, 6) is 0. The summed E-state index contributed by atoms with van der Waals surface area (Å²) in [5.41, 5.74) is 45.5. The molecule has 646 valence electrons. The van der Waals surface area contributed by atoms with E-state index in [0.29, 0.717) is 0 Å². The van der Waals surface area contributed by atoms with Crippen molar-refractivity contribution in [2.24, 2.45) is 0 Å². The summed E-state index contributed by atoms with van der Waals surface area (Å²) in [4.78, 5) is 40.1. The van der Waals surface area contributed by atoms with Crippen LogP contribution in [-0.4, -0.2) is 39.9 Å². The van der Waals surface area contributed by atoms with Crippen molar-refractivity contribution < 1.29 is 0 Å². The molecule has 0 bridgehead atoms. The molecule has 0 amide bonds. The average molecular weight is 1750 g/mol. The minimum Gasteiger partial charge on any atom is -0.256 e. The Morgan fingerprint density at radius 2 is 0.423 bits per heavy atom. The van der Waals surface area contributed by atoms with Crippen LogP contribution in [0.15, 0.2) is 437 Å². The van der Waals surface area contributed by atoms with Crippen LogP contribution in [0.2, 0.25) is 0 Å². The fourth-order valence-electron chi connectivity index (χ4n) is 22.0. The van der Waals surface area contributed by atoms with Gasteiger partial charge in [-0.15, -0.1) is 0 Å². The highest BCUT2D eigenvalue weighted by Crippen LogP contribution is 2.57. The van der Waals surface area contributed by atoms with Crippen LogP contribution >= 0.6 is 0 Å². The van der Waals surface area contributed by atoms with Gasteiger partial charge in [0, 0.05) is 111 Å². The Hall–Kier alpha value is -17.2. The van der Waals surface area contributed by atoms with E-state index < -0.39 is 0 Å². The van der Waals surface area contributed by atoms with Crippen LogP contribution in [0.4, 0.5) is 0 Å². The fourth-order valence-corrected chi connectivity index (χ4v) is 22.0. The first-order valence-corrected chi connectivity index (χ1v) is 47.2. The third-order valence-corrected chi connectivity index (χ3v) is 28.9. The van der Waals surface area contributed by atoms with Crippen LogP contribution in [0, 0.1) is 0 Å². The highest BCUT2D eigenvalue weighted by Gasteiger charge is 2.43. The first-order valence-electron chi connectivity index (χ1n) is 47.2. The van der Waals surface area contributed by atoms with E-state index in [1.807, 2.05) is 42.7 Å². The van der Waals surface area contributed by atoms with Gasteiger partial charge in [-0.05, 0) is 154 Å². The van der Waals surface area contributed by atoms with E-state index in [1.54, 1.807) is 0 Å². The number of nitrogens with zero attached hydrogens (tertiary/aromatic N) is 8. The molecule has 8 aromatic heterocycles. The molecule has 8 heterocycles. The van der Waals surface area contributed by atoms with Crippen molar-refractivity contribution in [3.8, 4) is 145 Å². The van der Waals surface area contributed by atoms with E-state index >= 15 is 0 Å². The molecule has 0 fully saturated rings. The Kier molecular flexibility index (Phi) is 19.5. The lowest BCUT2D eigenvalue weighted by Gasteiger charge is -2.25. The van der Waals surface area contributed by atoms with E-state index in [-0.39, 0.29) is 16.2 Å². The third-order valence-electron chi connectivity index (χ3n) is 28.9. The van der Waals surface area contributed by atoms with Gasteiger partial charge in [0.25, 0.3) is 0 Å². The maximum Gasteiger partial charge on any atom is 0.0972 e. The zero-order valence-electron chi connectivity index (χ0n) is 76.6. The van der Waals surface area contributed by atoms with E-state index in [0.717, 1.165) is 127 Å². The summed E-state index contributed by atoms with van der Waals surface area (Å²) in [6, 6.07) is 151. The first-order chi connectivity index (χ1) is 67.2. The van der Waals surface area contributed by atoms with E-state index in [4.69, 9.17) is 29.9 Å². The average Bonchev–Trinajstić information content (AvgIpc) is 1.56. The Morgan fingerprint density at radius 1 is 0.168 bits per heavy atom. The van der Waals surface area contributed by atoms with Crippen LogP contribution in [-0.2, 0) is 16.2 Å². The monoisotopic (exact) mass is 1750 g/mol. The molecular weight excluding hydrogens is 1660 g/mol. The molecule has 0 atom stereocenters. The van der Waals surface area contributed by atoms with Crippen LogP contribution in [0.25, 0.3) is 233 Å². The van der Waals surface area contributed by atoms with Crippen molar-refractivity contribution in [3.63, 3.8) is 0 Å². The second-order valence-electron chi connectivity index (χ2n) is 37.9. The van der Waals surface area contributed by atoms with Gasteiger partial charge in [0.2, 0.25) is 0 Å². The maximum atomic E-state index is 5.22. The van der Waals surface area contributed by atoms with E-state index in [1.165, 1.54) is 139 Å². The second-order valence-corrected chi connectivity index (χ2v) is 37.9. The third kappa shape index (κ3) is 13.9. The number of para-hydroxylation sites is 4. The van der Waals surface area contributed by atoms with Crippen LogP contribution in [0.5, 0.6) is 0 Å². The standard InChI is InChI=1S/C48H33N3.C42H29N3.C39H28N2/c1-48(2)39-14-8-6-12-37(39)47-44(48)43(38-13-7-9-15-42(38)51-47)34-22-18-31(19-23-34)30-16-20-33(21-17-30)41-29-27-36-25-24-35-26-28-40(32-10-4-3-5-11-32)49-45(35)46(36)50-41;1-42(2)34-11-5-3-9-32(34)41-38(42)37(33-10-4-6-12-36(33)45-41)29-19-15-27(16-20-29)26-13-17-28(18-14-26)35-24-23-31-22-21-30-8-7-25-43-39(30)40(31)44-35;1-39(2)33-14-5-3-11-31(33)38-36(39)35(32-12-4-6-15-34(32)41-38)28-22-18-26(19-23-28)25-16-20-27(21-17-25)30-13-7-9-29-10-8-24-40-37(29)30/h3-29H,1-2H3;3-25H,1-2H3;3-24H,1-2H3. The summed E-state index contributed by atoms with van der Waals surface area (Å²) in [6.45, 7) is 14.0. The summed E-state index contributed by atoms with van der Waals surface area (Å²) in [6.07, 6.45) is 3.70. The highest BCUT2D eigenvalue weighted by atomic mass is 14.8. The van der Waals surface area contributed by atoms with E-state index in [2.05, 4.69) is 446 Å². The predicted molar refractivity (Wildman–Crippen MR) is 569 cm³/mol. The number of rotatable bonds is 10. The molecule has 24 aromatic rings. The number of hydrogen-bond acceptors (Lipinski definition) is 8.